The van der Waals surface area contributed by atoms with Gasteiger partial charge in [-0.05, 0) is 36.1 Å². The van der Waals surface area contributed by atoms with Gasteiger partial charge in [-0.25, -0.2) is 8.42 Å². The molecule has 0 N–H and O–H groups in total. The van der Waals surface area contributed by atoms with Crippen LogP contribution in [0.25, 0.3) is 0 Å². The second-order valence-corrected chi connectivity index (χ2v) is 7.71. The number of hydrogen-bond donors (Lipinski definition) is 0. The molecule has 1 atom stereocenters. The topological polar surface area (TPSA) is 46.6 Å². The fourth-order valence-corrected chi connectivity index (χ4v) is 4.92. The second kappa shape index (κ2) is 6.72. The van der Waals surface area contributed by atoms with Gasteiger partial charge in [-0.1, -0.05) is 42.5 Å². The Hall–Kier alpha value is -1.85. The fourth-order valence-electron chi connectivity index (χ4n) is 3.12. The van der Waals surface area contributed by atoms with E-state index in [2.05, 4.69) is 0 Å². The van der Waals surface area contributed by atoms with Gasteiger partial charge < -0.3 is 4.74 Å². The molecule has 5 heteroatoms. The predicted molar refractivity (Wildman–Crippen MR) is 90.7 cm³/mol. The van der Waals surface area contributed by atoms with Crippen molar-refractivity contribution >= 4 is 10.0 Å². The molecular weight excluding hydrogens is 310 g/mol. The van der Waals surface area contributed by atoms with Crippen molar-refractivity contribution in [3.05, 3.63) is 65.7 Å². The van der Waals surface area contributed by atoms with E-state index in [1.807, 2.05) is 54.6 Å². The van der Waals surface area contributed by atoms with Gasteiger partial charge in [0.1, 0.15) is 5.75 Å². The van der Waals surface area contributed by atoms with Gasteiger partial charge in [-0.2, -0.15) is 4.31 Å². The SMILES string of the molecule is COc1cccc(C2CCCN2S(=O)(=O)Cc2ccccc2)c1. The van der Waals surface area contributed by atoms with Crippen LogP contribution in [0.3, 0.4) is 0 Å². The molecule has 0 bridgehead atoms. The molecule has 4 nitrogen and oxygen atoms in total. The number of benzene rings is 2. The molecule has 1 aliphatic heterocycles. The number of hydrogen-bond acceptors (Lipinski definition) is 3. The molecule has 1 saturated heterocycles. The molecule has 0 aliphatic carbocycles. The molecule has 122 valence electrons. The zero-order chi connectivity index (χ0) is 16.3. The van der Waals surface area contributed by atoms with Crippen LogP contribution in [-0.4, -0.2) is 26.4 Å². The summed E-state index contributed by atoms with van der Waals surface area (Å²) in [4.78, 5) is 0. The average molecular weight is 331 g/mol. The van der Waals surface area contributed by atoms with Crippen molar-refractivity contribution in [2.45, 2.75) is 24.6 Å². The van der Waals surface area contributed by atoms with Crippen LogP contribution in [0.5, 0.6) is 5.75 Å². The first-order valence-corrected chi connectivity index (χ1v) is 9.38. The van der Waals surface area contributed by atoms with Gasteiger partial charge in [-0.3, -0.25) is 0 Å². The Morgan fingerprint density at radius 3 is 2.65 bits per heavy atom. The van der Waals surface area contributed by atoms with Gasteiger partial charge in [0.25, 0.3) is 0 Å². The Balaban J connectivity index is 1.85. The Kier molecular flexibility index (Phi) is 4.68. The molecule has 1 unspecified atom stereocenters. The summed E-state index contributed by atoms with van der Waals surface area (Å²) >= 11 is 0. The molecule has 23 heavy (non-hydrogen) atoms. The highest BCUT2D eigenvalue weighted by Gasteiger charge is 2.35. The molecule has 1 heterocycles. The summed E-state index contributed by atoms with van der Waals surface area (Å²) in [5.41, 5.74) is 1.82. The van der Waals surface area contributed by atoms with Crippen LogP contribution in [-0.2, 0) is 15.8 Å². The minimum absolute atomic E-state index is 0.0499. The van der Waals surface area contributed by atoms with Crippen LogP contribution >= 0.6 is 0 Å². The smallest absolute Gasteiger partial charge is 0.218 e. The zero-order valence-electron chi connectivity index (χ0n) is 13.2. The van der Waals surface area contributed by atoms with E-state index in [-0.39, 0.29) is 11.8 Å². The van der Waals surface area contributed by atoms with Gasteiger partial charge in [0.15, 0.2) is 0 Å². The summed E-state index contributed by atoms with van der Waals surface area (Å²) in [7, 11) is -1.71. The third-order valence-corrected chi connectivity index (χ3v) is 6.08. The Labute approximate surface area is 137 Å². The van der Waals surface area contributed by atoms with E-state index < -0.39 is 10.0 Å². The van der Waals surface area contributed by atoms with Crippen molar-refractivity contribution < 1.29 is 13.2 Å². The Morgan fingerprint density at radius 1 is 1.13 bits per heavy atom. The maximum absolute atomic E-state index is 12.8. The molecule has 1 aliphatic rings. The third-order valence-electron chi connectivity index (χ3n) is 4.23. The fraction of sp³-hybridized carbons (Fsp3) is 0.333. The summed E-state index contributed by atoms with van der Waals surface area (Å²) in [6.07, 6.45) is 1.73. The maximum Gasteiger partial charge on any atom is 0.218 e. The zero-order valence-corrected chi connectivity index (χ0v) is 14.0. The van der Waals surface area contributed by atoms with Crippen LogP contribution in [0.15, 0.2) is 54.6 Å². The van der Waals surface area contributed by atoms with E-state index in [0.29, 0.717) is 6.54 Å². The highest BCUT2D eigenvalue weighted by molar-refractivity contribution is 7.88. The van der Waals surface area contributed by atoms with Crippen molar-refractivity contribution in [1.82, 2.24) is 4.31 Å². The third kappa shape index (κ3) is 3.57. The molecule has 0 radical (unpaired) electrons. The lowest BCUT2D eigenvalue weighted by Gasteiger charge is -2.24. The molecule has 0 amide bonds. The second-order valence-electron chi connectivity index (χ2n) is 5.79. The van der Waals surface area contributed by atoms with Crippen LogP contribution in [0, 0.1) is 0 Å². The summed E-state index contributed by atoms with van der Waals surface area (Å²) in [5, 5.41) is 0. The number of sulfonamides is 1. The van der Waals surface area contributed by atoms with Crippen LogP contribution in [0.4, 0.5) is 0 Å². The average Bonchev–Trinajstić information content (AvgIpc) is 3.06. The minimum atomic E-state index is -3.34. The molecule has 3 rings (SSSR count). The number of methoxy groups -OCH3 is 1. The molecule has 0 spiro atoms. The monoisotopic (exact) mass is 331 g/mol. The first kappa shape index (κ1) is 16.0. The van der Waals surface area contributed by atoms with E-state index >= 15 is 0 Å². The predicted octanol–water partition coefficient (Wildman–Crippen LogP) is 3.36. The van der Waals surface area contributed by atoms with E-state index in [1.54, 1.807) is 11.4 Å². The van der Waals surface area contributed by atoms with Gasteiger partial charge in [0, 0.05) is 12.6 Å². The highest BCUT2D eigenvalue weighted by atomic mass is 32.2. The lowest BCUT2D eigenvalue weighted by Crippen LogP contribution is -2.31. The Morgan fingerprint density at radius 2 is 1.91 bits per heavy atom. The van der Waals surface area contributed by atoms with E-state index in [9.17, 15) is 8.42 Å². The maximum atomic E-state index is 12.8. The quantitative estimate of drug-likeness (QED) is 0.844. The summed E-state index contributed by atoms with van der Waals surface area (Å²) in [6.45, 7) is 0.580. The van der Waals surface area contributed by atoms with Crippen molar-refractivity contribution in [3.8, 4) is 5.75 Å². The minimum Gasteiger partial charge on any atom is -0.497 e. The Bertz CT molecular complexity index is 759. The number of ether oxygens (including phenoxy) is 1. The van der Waals surface area contributed by atoms with E-state index in [4.69, 9.17) is 4.74 Å². The first-order chi connectivity index (χ1) is 11.1. The van der Waals surface area contributed by atoms with E-state index in [0.717, 1.165) is 29.7 Å². The molecule has 2 aromatic rings. The molecule has 1 fully saturated rings. The van der Waals surface area contributed by atoms with Crippen molar-refractivity contribution in [1.29, 1.82) is 0 Å². The molecule has 2 aromatic carbocycles. The number of rotatable bonds is 5. The first-order valence-electron chi connectivity index (χ1n) is 7.77. The molecular formula is C18H21NO3S. The number of nitrogens with zero attached hydrogens (tertiary/aromatic N) is 1. The highest BCUT2D eigenvalue weighted by Crippen LogP contribution is 2.36. The van der Waals surface area contributed by atoms with Crippen molar-refractivity contribution in [3.63, 3.8) is 0 Å². The summed E-state index contributed by atoms with van der Waals surface area (Å²) in [5.74, 6) is 0.809. The largest absolute Gasteiger partial charge is 0.497 e. The van der Waals surface area contributed by atoms with Gasteiger partial charge >= 0.3 is 0 Å². The normalized spacial score (nSPS) is 18.9. The van der Waals surface area contributed by atoms with Crippen LogP contribution < -0.4 is 4.74 Å². The molecule has 0 aromatic heterocycles. The van der Waals surface area contributed by atoms with Crippen LogP contribution in [0.1, 0.15) is 30.0 Å². The summed E-state index contributed by atoms with van der Waals surface area (Å²) < 4.78 is 32.6. The standard InChI is InChI=1S/C18H21NO3S/c1-22-17-10-5-9-16(13-17)18-11-6-12-19(18)23(20,21)14-15-7-3-2-4-8-15/h2-5,7-10,13,18H,6,11-12,14H2,1H3. The lowest BCUT2D eigenvalue weighted by atomic mass is 10.1. The van der Waals surface area contributed by atoms with Crippen molar-refractivity contribution in [2.24, 2.45) is 0 Å². The van der Waals surface area contributed by atoms with Gasteiger partial charge in [0.05, 0.1) is 12.9 Å². The van der Waals surface area contributed by atoms with E-state index in [1.165, 1.54) is 0 Å². The lowest BCUT2D eigenvalue weighted by molar-refractivity contribution is 0.389. The van der Waals surface area contributed by atoms with Gasteiger partial charge in [0.2, 0.25) is 10.0 Å². The van der Waals surface area contributed by atoms with Gasteiger partial charge in [-0.15, -0.1) is 0 Å². The summed E-state index contributed by atoms with van der Waals surface area (Å²) in [6, 6.07) is 16.9. The van der Waals surface area contributed by atoms with Crippen molar-refractivity contribution in [2.75, 3.05) is 13.7 Å². The van der Waals surface area contributed by atoms with Crippen LogP contribution in [0.2, 0.25) is 0 Å². The molecule has 0 saturated carbocycles.